The molecule has 1 aliphatic rings. The number of amides is 1. The van der Waals surface area contributed by atoms with Crippen LogP contribution in [0.2, 0.25) is 0 Å². The second-order valence-electron chi connectivity index (χ2n) is 6.73. The van der Waals surface area contributed by atoms with Crippen molar-refractivity contribution >= 4 is 5.91 Å². The van der Waals surface area contributed by atoms with Gasteiger partial charge >= 0.3 is 0 Å². The summed E-state index contributed by atoms with van der Waals surface area (Å²) >= 11 is 0. The topological polar surface area (TPSA) is 97.3 Å². The maximum atomic E-state index is 11.1. The maximum absolute atomic E-state index is 11.1. The van der Waals surface area contributed by atoms with Crippen LogP contribution >= 0.6 is 0 Å². The Bertz CT molecular complexity index is 725. The highest BCUT2D eigenvalue weighted by Gasteiger charge is 2.40. The summed E-state index contributed by atoms with van der Waals surface area (Å²) in [6, 6.07) is 7.47. The minimum absolute atomic E-state index is 0.219. The second-order valence-corrected chi connectivity index (χ2v) is 6.73. The molecule has 1 aliphatic heterocycles. The molecule has 0 unspecified atom stereocenters. The monoisotopic (exact) mass is 329 g/mol. The molecule has 0 radical (unpaired) electrons. The van der Waals surface area contributed by atoms with E-state index in [4.69, 9.17) is 5.73 Å². The van der Waals surface area contributed by atoms with Crippen LogP contribution in [-0.2, 0) is 12.1 Å². The lowest BCUT2D eigenvalue weighted by Crippen LogP contribution is -2.31. The van der Waals surface area contributed by atoms with E-state index >= 15 is 0 Å². The van der Waals surface area contributed by atoms with Crippen molar-refractivity contribution in [3.8, 4) is 0 Å². The van der Waals surface area contributed by atoms with Gasteiger partial charge in [-0.15, -0.1) is 5.10 Å². The van der Waals surface area contributed by atoms with Crippen molar-refractivity contribution in [1.29, 1.82) is 0 Å². The quantitative estimate of drug-likeness (QED) is 0.854. The molecule has 0 saturated carbocycles. The van der Waals surface area contributed by atoms with Gasteiger partial charge in [-0.1, -0.05) is 17.3 Å². The number of hydrogen-bond donors (Lipinski definition) is 2. The lowest BCUT2D eigenvalue weighted by Gasteiger charge is -2.21. The highest BCUT2D eigenvalue weighted by Crippen LogP contribution is 2.31. The van der Waals surface area contributed by atoms with Crippen LogP contribution in [0.4, 0.5) is 0 Å². The second kappa shape index (κ2) is 6.33. The zero-order valence-electron chi connectivity index (χ0n) is 14.0. The van der Waals surface area contributed by atoms with Gasteiger partial charge in [0, 0.05) is 31.2 Å². The van der Waals surface area contributed by atoms with Gasteiger partial charge < -0.3 is 10.8 Å². The minimum Gasteiger partial charge on any atom is -0.382 e. The van der Waals surface area contributed by atoms with E-state index in [1.807, 2.05) is 32.2 Å². The lowest BCUT2D eigenvalue weighted by molar-refractivity contribution is 0.0408. The predicted octanol–water partition coefficient (Wildman–Crippen LogP) is 1.05. The van der Waals surface area contributed by atoms with Gasteiger partial charge in [-0.3, -0.25) is 9.69 Å². The number of benzene rings is 1. The molecule has 7 heteroatoms. The third-order valence-corrected chi connectivity index (χ3v) is 4.49. The molecule has 0 bridgehead atoms. The molecule has 1 amide bonds. The number of primary amides is 1. The number of β-amino-alcohol motifs (C(OH)–C–C–N with tert-alkyl or cyclic N) is 1. The van der Waals surface area contributed by atoms with Crippen molar-refractivity contribution in [2.24, 2.45) is 5.73 Å². The first kappa shape index (κ1) is 16.6. The van der Waals surface area contributed by atoms with Gasteiger partial charge in [-0.05, 0) is 38.0 Å². The first-order valence-corrected chi connectivity index (χ1v) is 8.13. The molecular weight excluding hydrogens is 306 g/mol. The first-order chi connectivity index (χ1) is 11.4. The standard InChI is InChI=1S/C17H23N5O2/c1-12(2)22-10-15(19-20-22)17(24)7-8-21(11-17)9-13-3-5-14(6-4-13)16(18)23/h3-6,10,12,24H,7-9,11H2,1-2H3,(H2,18,23)/t17-/m0/s1. The highest BCUT2D eigenvalue weighted by molar-refractivity contribution is 5.92. The number of carbonyl (C=O) groups is 1. The van der Waals surface area contributed by atoms with Gasteiger partial charge in [0.2, 0.25) is 5.91 Å². The average molecular weight is 329 g/mol. The van der Waals surface area contributed by atoms with E-state index in [0.29, 0.717) is 30.8 Å². The fraction of sp³-hybridized carbons (Fsp3) is 0.471. The lowest BCUT2D eigenvalue weighted by atomic mass is 10.00. The summed E-state index contributed by atoms with van der Waals surface area (Å²) in [7, 11) is 0. The van der Waals surface area contributed by atoms with Gasteiger partial charge in [0.05, 0.1) is 6.20 Å². The van der Waals surface area contributed by atoms with E-state index < -0.39 is 11.5 Å². The molecule has 7 nitrogen and oxygen atoms in total. The van der Waals surface area contributed by atoms with Crippen LogP contribution in [0.15, 0.2) is 30.5 Å². The summed E-state index contributed by atoms with van der Waals surface area (Å²) < 4.78 is 1.76. The summed E-state index contributed by atoms with van der Waals surface area (Å²) in [6.07, 6.45) is 2.46. The smallest absolute Gasteiger partial charge is 0.248 e. The van der Waals surface area contributed by atoms with Crippen LogP contribution in [0, 0.1) is 0 Å². The molecule has 128 valence electrons. The van der Waals surface area contributed by atoms with Gasteiger partial charge in [-0.25, -0.2) is 4.68 Å². The van der Waals surface area contributed by atoms with Crippen molar-refractivity contribution in [3.05, 3.63) is 47.3 Å². The van der Waals surface area contributed by atoms with Crippen molar-refractivity contribution < 1.29 is 9.90 Å². The zero-order valence-corrected chi connectivity index (χ0v) is 14.0. The molecule has 1 aromatic heterocycles. The SMILES string of the molecule is CC(C)n1cc([C@]2(O)CCN(Cc3ccc(C(N)=O)cc3)C2)nn1. The van der Waals surface area contributed by atoms with Gasteiger partial charge in [-0.2, -0.15) is 0 Å². The third-order valence-electron chi connectivity index (χ3n) is 4.49. The fourth-order valence-electron chi connectivity index (χ4n) is 2.99. The molecule has 1 atom stereocenters. The highest BCUT2D eigenvalue weighted by atomic mass is 16.3. The number of nitrogens with zero attached hydrogens (tertiary/aromatic N) is 4. The van der Waals surface area contributed by atoms with Crippen molar-refractivity contribution in [2.45, 2.75) is 38.5 Å². The van der Waals surface area contributed by atoms with Crippen LogP contribution in [0.25, 0.3) is 0 Å². The summed E-state index contributed by atoms with van der Waals surface area (Å²) in [6.45, 7) is 6.06. The molecule has 0 spiro atoms. The van der Waals surface area contributed by atoms with E-state index in [-0.39, 0.29) is 6.04 Å². The van der Waals surface area contributed by atoms with Crippen molar-refractivity contribution in [2.75, 3.05) is 13.1 Å². The van der Waals surface area contributed by atoms with Gasteiger partial charge in [0.15, 0.2) is 0 Å². The molecule has 3 rings (SSSR count). The maximum Gasteiger partial charge on any atom is 0.248 e. The summed E-state index contributed by atoms with van der Waals surface area (Å²) in [5.41, 5.74) is 6.50. The molecule has 2 aromatic rings. The number of rotatable bonds is 5. The van der Waals surface area contributed by atoms with Crippen LogP contribution in [0.3, 0.4) is 0 Å². The number of carbonyl (C=O) groups excluding carboxylic acids is 1. The molecule has 1 saturated heterocycles. The number of aliphatic hydroxyl groups is 1. The van der Waals surface area contributed by atoms with Crippen molar-refractivity contribution in [1.82, 2.24) is 19.9 Å². The zero-order chi connectivity index (χ0) is 17.3. The Morgan fingerprint density at radius 2 is 2.08 bits per heavy atom. The Morgan fingerprint density at radius 1 is 1.38 bits per heavy atom. The summed E-state index contributed by atoms with van der Waals surface area (Å²) in [5, 5.41) is 19.1. The first-order valence-electron chi connectivity index (χ1n) is 8.13. The van der Waals surface area contributed by atoms with E-state index in [9.17, 15) is 9.90 Å². The normalized spacial score (nSPS) is 21.5. The number of aromatic nitrogens is 3. The molecule has 24 heavy (non-hydrogen) atoms. The van der Waals surface area contributed by atoms with Gasteiger partial charge in [0.1, 0.15) is 11.3 Å². The Morgan fingerprint density at radius 3 is 2.67 bits per heavy atom. The Hall–Kier alpha value is -2.25. The van der Waals surface area contributed by atoms with Gasteiger partial charge in [0.25, 0.3) is 0 Å². The Balaban J connectivity index is 1.66. The molecule has 3 N–H and O–H groups in total. The minimum atomic E-state index is -0.958. The van der Waals surface area contributed by atoms with Crippen LogP contribution in [-0.4, -0.2) is 44.0 Å². The van der Waals surface area contributed by atoms with Crippen LogP contribution in [0.5, 0.6) is 0 Å². The third kappa shape index (κ3) is 3.32. The van der Waals surface area contributed by atoms with E-state index in [1.165, 1.54) is 0 Å². The number of nitrogens with two attached hydrogens (primary N) is 1. The molecule has 1 fully saturated rings. The molecule has 0 aliphatic carbocycles. The Kier molecular flexibility index (Phi) is 4.38. The molecule has 2 heterocycles. The largest absolute Gasteiger partial charge is 0.382 e. The predicted molar refractivity (Wildman–Crippen MR) is 89.2 cm³/mol. The number of hydrogen-bond acceptors (Lipinski definition) is 5. The summed E-state index contributed by atoms with van der Waals surface area (Å²) in [4.78, 5) is 13.3. The summed E-state index contributed by atoms with van der Waals surface area (Å²) in [5.74, 6) is -0.426. The molecular formula is C17H23N5O2. The Labute approximate surface area is 141 Å². The number of likely N-dealkylation sites (tertiary alicyclic amines) is 1. The van der Waals surface area contributed by atoms with Crippen LogP contribution < -0.4 is 5.73 Å². The van der Waals surface area contributed by atoms with E-state index in [0.717, 1.165) is 12.1 Å². The van der Waals surface area contributed by atoms with Crippen LogP contribution in [0.1, 0.15) is 47.9 Å². The average Bonchev–Trinajstić information content (AvgIpc) is 3.16. The van der Waals surface area contributed by atoms with Crippen molar-refractivity contribution in [3.63, 3.8) is 0 Å². The van der Waals surface area contributed by atoms with E-state index in [1.54, 1.807) is 16.8 Å². The molecule has 1 aromatic carbocycles. The van der Waals surface area contributed by atoms with E-state index in [2.05, 4.69) is 15.2 Å². The fourth-order valence-corrected chi connectivity index (χ4v) is 2.99.